The van der Waals surface area contributed by atoms with E-state index in [0.29, 0.717) is 5.92 Å². The van der Waals surface area contributed by atoms with Crippen LogP contribution in [0.2, 0.25) is 0 Å². The first-order valence-corrected chi connectivity index (χ1v) is 5.56. The highest BCUT2D eigenvalue weighted by atomic mass is 16.5. The fourth-order valence-electron chi connectivity index (χ4n) is 2.12. The first-order chi connectivity index (χ1) is 7.25. The van der Waals surface area contributed by atoms with Crippen LogP contribution in [-0.2, 0) is 18.2 Å². The Morgan fingerprint density at radius 2 is 2.60 bits per heavy atom. The van der Waals surface area contributed by atoms with Crippen LogP contribution >= 0.6 is 0 Å². The van der Waals surface area contributed by atoms with E-state index in [2.05, 4.69) is 5.10 Å². The van der Waals surface area contributed by atoms with Gasteiger partial charge in [0.05, 0.1) is 12.8 Å². The topological polar surface area (TPSA) is 53.1 Å². The predicted octanol–water partition coefficient (Wildman–Crippen LogP) is 0.716. The van der Waals surface area contributed by atoms with Crippen molar-refractivity contribution in [2.45, 2.75) is 25.3 Å². The second-order valence-electron chi connectivity index (χ2n) is 4.37. The first kappa shape index (κ1) is 10.6. The van der Waals surface area contributed by atoms with Crippen LogP contribution < -0.4 is 5.73 Å². The average Bonchev–Trinajstić information content (AvgIpc) is 2.65. The minimum Gasteiger partial charge on any atom is -0.381 e. The molecule has 0 bridgehead atoms. The van der Waals surface area contributed by atoms with Gasteiger partial charge in [0.15, 0.2) is 0 Å². The highest BCUT2D eigenvalue weighted by Gasteiger charge is 2.21. The van der Waals surface area contributed by atoms with Crippen LogP contribution in [0.25, 0.3) is 0 Å². The number of ether oxygens (including phenoxy) is 1. The van der Waals surface area contributed by atoms with Crippen LogP contribution in [0.3, 0.4) is 0 Å². The molecule has 1 aliphatic rings. The normalized spacial score (nSPS) is 24.0. The van der Waals surface area contributed by atoms with Gasteiger partial charge in [0.25, 0.3) is 0 Å². The molecule has 2 heterocycles. The fourth-order valence-corrected chi connectivity index (χ4v) is 2.12. The Labute approximate surface area is 90.4 Å². The molecule has 1 aliphatic heterocycles. The molecule has 1 fully saturated rings. The summed E-state index contributed by atoms with van der Waals surface area (Å²) in [6, 6.07) is 0.203. The van der Waals surface area contributed by atoms with Crippen molar-refractivity contribution in [3.63, 3.8) is 0 Å². The highest BCUT2D eigenvalue weighted by Crippen LogP contribution is 2.18. The van der Waals surface area contributed by atoms with Gasteiger partial charge in [0.1, 0.15) is 0 Å². The third-order valence-corrected chi connectivity index (χ3v) is 3.03. The molecule has 2 rings (SSSR count). The van der Waals surface area contributed by atoms with Crippen LogP contribution in [0, 0.1) is 5.92 Å². The molecule has 1 saturated heterocycles. The molecule has 1 aromatic rings. The average molecular weight is 209 g/mol. The molecule has 0 radical (unpaired) electrons. The Kier molecular flexibility index (Phi) is 3.38. The smallest absolute Gasteiger partial charge is 0.0522 e. The number of rotatable bonds is 3. The maximum atomic E-state index is 6.17. The van der Waals surface area contributed by atoms with Gasteiger partial charge in [0, 0.05) is 25.9 Å². The number of aryl methyl sites for hydroxylation is 1. The van der Waals surface area contributed by atoms with Crippen molar-refractivity contribution in [3.05, 3.63) is 18.0 Å². The van der Waals surface area contributed by atoms with Crippen molar-refractivity contribution in [2.24, 2.45) is 18.7 Å². The summed E-state index contributed by atoms with van der Waals surface area (Å²) in [5.41, 5.74) is 7.39. The standard InChI is InChI=1S/C11H19N3O/c1-14-7-9(6-13-14)5-11(12)10-3-2-4-15-8-10/h6-7,10-11H,2-5,8,12H2,1H3. The molecule has 1 aromatic heterocycles. The maximum absolute atomic E-state index is 6.17. The molecule has 2 unspecified atom stereocenters. The summed E-state index contributed by atoms with van der Waals surface area (Å²) in [7, 11) is 1.93. The van der Waals surface area contributed by atoms with E-state index in [9.17, 15) is 0 Å². The summed E-state index contributed by atoms with van der Waals surface area (Å²) < 4.78 is 7.26. The van der Waals surface area contributed by atoms with E-state index in [4.69, 9.17) is 10.5 Å². The Bertz CT molecular complexity index is 305. The lowest BCUT2D eigenvalue weighted by Crippen LogP contribution is -2.37. The van der Waals surface area contributed by atoms with Crippen LogP contribution in [0.1, 0.15) is 18.4 Å². The molecular weight excluding hydrogens is 190 g/mol. The van der Waals surface area contributed by atoms with Crippen molar-refractivity contribution in [1.82, 2.24) is 9.78 Å². The summed E-state index contributed by atoms with van der Waals surface area (Å²) in [6.07, 6.45) is 7.17. The van der Waals surface area contributed by atoms with Crippen molar-refractivity contribution in [3.8, 4) is 0 Å². The number of hydrogen-bond acceptors (Lipinski definition) is 3. The molecule has 0 aliphatic carbocycles. The van der Waals surface area contributed by atoms with Crippen molar-refractivity contribution in [2.75, 3.05) is 13.2 Å². The van der Waals surface area contributed by atoms with Crippen molar-refractivity contribution >= 4 is 0 Å². The zero-order valence-electron chi connectivity index (χ0n) is 9.22. The summed E-state index contributed by atoms with van der Waals surface area (Å²) in [6.45, 7) is 1.72. The molecule has 0 aromatic carbocycles. The Morgan fingerprint density at radius 3 is 3.20 bits per heavy atom. The van der Waals surface area contributed by atoms with Gasteiger partial charge in [-0.05, 0) is 30.7 Å². The molecule has 0 amide bonds. The minimum absolute atomic E-state index is 0.203. The van der Waals surface area contributed by atoms with E-state index in [-0.39, 0.29) is 6.04 Å². The maximum Gasteiger partial charge on any atom is 0.0522 e. The van der Waals surface area contributed by atoms with E-state index in [1.165, 1.54) is 12.0 Å². The third-order valence-electron chi connectivity index (χ3n) is 3.03. The minimum atomic E-state index is 0.203. The molecule has 2 atom stereocenters. The lowest BCUT2D eigenvalue weighted by atomic mass is 9.91. The van der Waals surface area contributed by atoms with Gasteiger partial charge in [-0.25, -0.2) is 0 Å². The number of aromatic nitrogens is 2. The molecule has 84 valence electrons. The predicted molar refractivity (Wildman–Crippen MR) is 58.4 cm³/mol. The van der Waals surface area contributed by atoms with Crippen LogP contribution in [0.15, 0.2) is 12.4 Å². The van der Waals surface area contributed by atoms with Crippen molar-refractivity contribution in [1.29, 1.82) is 0 Å². The van der Waals surface area contributed by atoms with Gasteiger partial charge in [0.2, 0.25) is 0 Å². The Balaban J connectivity index is 1.88. The molecule has 0 spiro atoms. The van der Waals surface area contributed by atoms with Gasteiger partial charge < -0.3 is 10.5 Å². The quantitative estimate of drug-likeness (QED) is 0.798. The molecule has 4 heteroatoms. The van der Waals surface area contributed by atoms with Crippen molar-refractivity contribution < 1.29 is 4.74 Å². The Morgan fingerprint density at radius 1 is 1.73 bits per heavy atom. The van der Waals surface area contributed by atoms with E-state index in [1.54, 1.807) is 0 Å². The fraction of sp³-hybridized carbons (Fsp3) is 0.727. The van der Waals surface area contributed by atoms with Crippen LogP contribution in [0.5, 0.6) is 0 Å². The highest BCUT2D eigenvalue weighted by molar-refractivity contribution is 5.06. The molecule has 4 nitrogen and oxygen atoms in total. The lowest BCUT2D eigenvalue weighted by molar-refractivity contribution is 0.0450. The summed E-state index contributed by atoms with van der Waals surface area (Å²) in [5.74, 6) is 0.513. The van der Waals surface area contributed by atoms with Gasteiger partial charge in [-0.2, -0.15) is 5.10 Å². The monoisotopic (exact) mass is 209 g/mol. The molecule has 2 N–H and O–H groups in total. The number of hydrogen-bond donors (Lipinski definition) is 1. The van der Waals surface area contributed by atoms with Gasteiger partial charge in [-0.3, -0.25) is 4.68 Å². The van der Waals surface area contributed by atoms with Gasteiger partial charge >= 0.3 is 0 Å². The third kappa shape index (κ3) is 2.79. The zero-order chi connectivity index (χ0) is 10.7. The number of nitrogens with two attached hydrogens (primary N) is 1. The first-order valence-electron chi connectivity index (χ1n) is 5.56. The molecule has 0 saturated carbocycles. The SMILES string of the molecule is Cn1cc(CC(N)C2CCCOC2)cn1. The van der Waals surface area contributed by atoms with E-state index >= 15 is 0 Å². The summed E-state index contributed by atoms with van der Waals surface area (Å²) >= 11 is 0. The van der Waals surface area contributed by atoms with Gasteiger partial charge in [-0.1, -0.05) is 0 Å². The lowest BCUT2D eigenvalue weighted by Gasteiger charge is -2.27. The summed E-state index contributed by atoms with van der Waals surface area (Å²) in [5, 5.41) is 4.14. The van der Waals surface area contributed by atoms with E-state index < -0.39 is 0 Å². The molecule has 15 heavy (non-hydrogen) atoms. The second kappa shape index (κ2) is 4.77. The second-order valence-corrected chi connectivity index (χ2v) is 4.37. The largest absolute Gasteiger partial charge is 0.381 e. The zero-order valence-corrected chi connectivity index (χ0v) is 9.22. The summed E-state index contributed by atoms with van der Waals surface area (Å²) in [4.78, 5) is 0. The van der Waals surface area contributed by atoms with E-state index in [0.717, 1.165) is 26.1 Å². The van der Waals surface area contributed by atoms with E-state index in [1.807, 2.05) is 24.1 Å². The molecular formula is C11H19N3O. The number of nitrogens with zero attached hydrogens (tertiary/aromatic N) is 2. The van der Waals surface area contributed by atoms with Crippen LogP contribution in [-0.4, -0.2) is 29.0 Å². The van der Waals surface area contributed by atoms with Gasteiger partial charge in [-0.15, -0.1) is 0 Å². The van der Waals surface area contributed by atoms with Crippen LogP contribution in [0.4, 0.5) is 0 Å². The Hall–Kier alpha value is -0.870.